The molecular formula is C15H14ClNO5. The molecule has 0 fully saturated rings. The lowest BCUT2D eigenvalue weighted by Gasteiger charge is -2.17. The van der Waals surface area contributed by atoms with E-state index in [2.05, 4.69) is 0 Å². The molecular weight excluding hydrogens is 310 g/mol. The maximum atomic E-state index is 12.0. The Balaban J connectivity index is 2.06. The second-order valence-electron chi connectivity index (χ2n) is 5.16. The van der Waals surface area contributed by atoms with Crippen LogP contribution in [0.2, 0.25) is 5.02 Å². The molecule has 0 unspecified atom stereocenters. The predicted molar refractivity (Wildman–Crippen MR) is 79.6 cm³/mol. The van der Waals surface area contributed by atoms with Gasteiger partial charge in [0.05, 0.1) is 5.02 Å². The Kier molecular flexibility index (Phi) is 4.04. The van der Waals surface area contributed by atoms with Crippen molar-refractivity contribution in [1.82, 2.24) is 5.48 Å². The molecule has 2 N–H and O–H groups in total. The molecule has 0 atom stereocenters. The molecule has 2 aromatic rings. The van der Waals surface area contributed by atoms with Crippen LogP contribution in [0.1, 0.15) is 24.0 Å². The van der Waals surface area contributed by atoms with Crippen LogP contribution in [-0.4, -0.2) is 17.7 Å². The van der Waals surface area contributed by atoms with Gasteiger partial charge in [-0.2, -0.15) is 0 Å². The summed E-state index contributed by atoms with van der Waals surface area (Å²) in [7, 11) is 0. The molecule has 1 aliphatic rings. The average molecular weight is 324 g/mol. The predicted octanol–water partition coefficient (Wildman–Crippen LogP) is 2.21. The van der Waals surface area contributed by atoms with Gasteiger partial charge in [0.15, 0.2) is 6.61 Å². The normalized spacial score (nSPS) is 13.7. The Labute approximate surface area is 130 Å². The van der Waals surface area contributed by atoms with Crippen molar-refractivity contribution in [2.45, 2.75) is 25.7 Å². The Hall–Kier alpha value is -2.05. The van der Waals surface area contributed by atoms with Crippen LogP contribution in [0.25, 0.3) is 11.0 Å². The Bertz CT molecular complexity index is 799. The summed E-state index contributed by atoms with van der Waals surface area (Å²) >= 11 is 6.17. The molecule has 0 radical (unpaired) electrons. The number of carbonyl (C=O) groups excluding carboxylic acids is 1. The SMILES string of the molecule is O=C(COc1cc2oc(=O)c3c(c2cc1Cl)CCCC3)NO. The minimum absolute atomic E-state index is 0.219. The first-order valence-corrected chi connectivity index (χ1v) is 7.32. The van der Waals surface area contributed by atoms with E-state index in [9.17, 15) is 9.59 Å². The molecule has 0 bridgehead atoms. The van der Waals surface area contributed by atoms with E-state index in [4.69, 9.17) is 26.0 Å². The summed E-state index contributed by atoms with van der Waals surface area (Å²) in [5.74, 6) is -0.486. The van der Waals surface area contributed by atoms with Crippen LogP contribution in [-0.2, 0) is 17.6 Å². The van der Waals surface area contributed by atoms with Gasteiger partial charge in [0, 0.05) is 17.0 Å². The molecule has 22 heavy (non-hydrogen) atoms. The summed E-state index contributed by atoms with van der Waals surface area (Å²) in [5.41, 5.74) is 3.23. The van der Waals surface area contributed by atoms with Crippen molar-refractivity contribution in [2.24, 2.45) is 0 Å². The minimum atomic E-state index is -0.706. The van der Waals surface area contributed by atoms with Crippen molar-refractivity contribution >= 4 is 28.5 Å². The van der Waals surface area contributed by atoms with Gasteiger partial charge in [0.2, 0.25) is 0 Å². The van der Waals surface area contributed by atoms with E-state index in [1.54, 1.807) is 6.07 Å². The van der Waals surface area contributed by atoms with Crippen molar-refractivity contribution < 1.29 is 19.2 Å². The molecule has 0 saturated carbocycles. The van der Waals surface area contributed by atoms with Crippen molar-refractivity contribution in [2.75, 3.05) is 6.61 Å². The minimum Gasteiger partial charge on any atom is -0.482 e. The zero-order valence-corrected chi connectivity index (χ0v) is 12.4. The number of benzene rings is 1. The number of hydroxylamine groups is 1. The highest BCUT2D eigenvalue weighted by Gasteiger charge is 2.19. The molecule has 1 heterocycles. The second kappa shape index (κ2) is 5.98. The molecule has 0 aliphatic heterocycles. The number of amides is 1. The Morgan fingerprint density at radius 1 is 1.32 bits per heavy atom. The van der Waals surface area contributed by atoms with Crippen LogP contribution in [0.4, 0.5) is 0 Å². The maximum Gasteiger partial charge on any atom is 0.339 e. The van der Waals surface area contributed by atoms with E-state index in [0.717, 1.165) is 42.2 Å². The summed E-state index contributed by atoms with van der Waals surface area (Å²) in [6, 6.07) is 3.19. The van der Waals surface area contributed by atoms with E-state index in [1.807, 2.05) is 0 Å². The van der Waals surface area contributed by atoms with E-state index < -0.39 is 12.5 Å². The van der Waals surface area contributed by atoms with Crippen LogP contribution >= 0.6 is 11.6 Å². The summed E-state index contributed by atoms with van der Waals surface area (Å²) in [5, 5.41) is 9.57. The zero-order chi connectivity index (χ0) is 15.7. The smallest absolute Gasteiger partial charge is 0.339 e. The first kappa shape index (κ1) is 14.9. The lowest BCUT2D eigenvalue weighted by atomic mass is 9.91. The molecule has 0 spiro atoms. The fraction of sp³-hybridized carbons (Fsp3) is 0.333. The van der Waals surface area contributed by atoms with Gasteiger partial charge in [-0.05, 0) is 37.3 Å². The van der Waals surface area contributed by atoms with Gasteiger partial charge >= 0.3 is 5.63 Å². The van der Waals surface area contributed by atoms with Gasteiger partial charge in [0.25, 0.3) is 5.91 Å². The number of hydrogen-bond donors (Lipinski definition) is 2. The first-order chi connectivity index (χ1) is 10.6. The molecule has 1 aromatic carbocycles. The lowest BCUT2D eigenvalue weighted by molar-refractivity contribution is -0.131. The molecule has 1 aromatic heterocycles. The quantitative estimate of drug-likeness (QED) is 0.513. The van der Waals surface area contributed by atoms with Crippen molar-refractivity contribution in [3.63, 3.8) is 0 Å². The third-order valence-corrected chi connectivity index (χ3v) is 4.05. The number of halogens is 1. The summed E-state index contributed by atoms with van der Waals surface area (Å²) < 4.78 is 10.6. The van der Waals surface area contributed by atoms with Crippen LogP contribution in [0.15, 0.2) is 21.3 Å². The number of carbonyl (C=O) groups is 1. The third kappa shape index (κ3) is 2.67. The van der Waals surface area contributed by atoms with E-state index in [-0.39, 0.29) is 11.4 Å². The molecule has 7 heteroatoms. The monoisotopic (exact) mass is 323 g/mol. The average Bonchev–Trinajstić information content (AvgIpc) is 2.54. The van der Waals surface area contributed by atoms with Gasteiger partial charge in [-0.3, -0.25) is 10.0 Å². The van der Waals surface area contributed by atoms with Gasteiger partial charge in [-0.15, -0.1) is 0 Å². The van der Waals surface area contributed by atoms with Crippen LogP contribution in [0.5, 0.6) is 5.75 Å². The largest absolute Gasteiger partial charge is 0.482 e. The summed E-state index contributed by atoms with van der Waals surface area (Å²) in [6.07, 6.45) is 3.55. The topological polar surface area (TPSA) is 88.8 Å². The molecule has 0 saturated heterocycles. The molecule has 116 valence electrons. The van der Waals surface area contributed by atoms with Gasteiger partial charge < -0.3 is 9.15 Å². The van der Waals surface area contributed by atoms with Crippen molar-refractivity contribution in [3.8, 4) is 5.75 Å². The number of aryl methyl sites for hydroxylation is 1. The second-order valence-corrected chi connectivity index (χ2v) is 5.56. The molecule has 1 amide bonds. The zero-order valence-electron chi connectivity index (χ0n) is 11.6. The number of nitrogens with one attached hydrogen (secondary N) is 1. The number of rotatable bonds is 3. The molecule has 1 aliphatic carbocycles. The number of hydrogen-bond acceptors (Lipinski definition) is 5. The fourth-order valence-corrected chi connectivity index (χ4v) is 2.95. The van der Waals surface area contributed by atoms with E-state index >= 15 is 0 Å². The van der Waals surface area contributed by atoms with E-state index in [1.165, 1.54) is 11.5 Å². The van der Waals surface area contributed by atoms with Crippen molar-refractivity contribution in [3.05, 3.63) is 38.7 Å². The van der Waals surface area contributed by atoms with E-state index in [0.29, 0.717) is 10.6 Å². The highest BCUT2D eigenvalue weighted by Crippen LogP contribution is 2.34. The third-order valence-electron chi connectivity index (χ3n) is 3.76. The highest BCUT2D eigenvalue weighted by molar-refractivity contribution is 6.32. The Morgan fingerprint density at radius 2 is 2.05 bits per heavy atom. The summed E-state index contributed by atoms with van der Waals surface area (Å²) in [6.45, 7) is -0.392. The summed E-state index contributed by atoms with van der Waals surface area (Å²) in [4.78, 5) is 23.1. The van der Waals surface area contributed by atoms with Gasteiger partial charge in [-0.1, -0.05) is 11.6 Å². The molecule has 3 rings (SSSR count). The van der Waals surface area contributed by atoms with Gasteiger partial charge in [-0.25, -0.2) is 10.3 Å². The number of ether oxygens (including phenoxy) is 1. The first-order valence-electron chi connectivity index (χ1n) is 6.94. The maximum absolute atomic E-state index is 12.0. The number of fused-ring (bicyclic) bond motifs is 3. The van der Waals surface area contributed by atoms with Crippen LogP contribution in [0, 0.1) is 0 Å². The Morgan fingerprint density at radius 3 is 2.77 bits per heavy atom. The van der Waals surface area contributed by atoms with Crippen LogP contribution in [0.3, 0.4) is 0 Å². The van der Waals surface area contributed by atoms with Gasteiger partial charge in [0.1, 0.15) is 11.3 Å². The fourth-order valence-electron chi connectivity index (χ4n) is 2.73. The highest BCUT2D eigenvalue weighted by atomic mass is 35.5. The standard InChI is InChI=1S/C15H14ClNO5/c16-11-5-10-8-3-1-2-4-9(8)15(19)22-12(10)6-13(11)21-7-14(18)17-20/h5-6,20H,1-4,7H2,(H,17,18). The molecule has 6 nitrogen and oxygen atoms in total. The van der Waals surface area contributed by atoms with Crippen molar-refractivity contribution in [1.29, 1.82) is 0 Å². The lowest BCUT2D eigenvalue weighted by Crippen LogP contribution is -2.25. The van der Waals surface area contributed by atoms with Crippen LogP contribution < -0.4 is 15.8 Å².